The van der Waals surface area contributed by atoms with Gasteiger partial charge in [-0.3, -0.25) is 0 Å². The fourth-order valence-electron chi connectivity index (χ4n) is 12.6. The summed E-state index contributed by atoms with van der Waals surface area (Å²) >= 11 is 0. The number of fused-ring (bicyclic) bond motifs is 5. The van der Waals surface area contributed by atoms with Crippen molar-refractivity contribution < 1.29 is 14.2 Å². The van der Waals surface area contributed by atoms with Crippen molar-refractivity contribution >= 4 is 0 Å². The molecule has 7 N–H and O–H groups in total. The maximum Gasteiger partial charge on any atom is 0.0637 e. The minimum Gasteiger partial charge on any atom is -0.378 e. The van der Waals surface area contributed by atoms with Gasteiger partial charge in [0, 0.05) is 25.2 Å². The molecular weight excluding hydrogens is 669 g/mol. The molecule has 4 fully saturated rings. The lowest BCUT2D eigenvalue weighted by Crippen LogP contribution is -2.63. The zero-order chi connectivity index (χ0) is 38.7. The number of hydrogen-bond acceptors (Lipinski definition) is 7. The van der Waals surface area contributed by atoms with Crippen LogP contribution in [0, 0.1) is 46.3 Å². The molecular formula is C47H92N4O3. The Morgan fingerprint density at radius 2 is 1.22 bits per heavy atom. The zero-order valence-electron chi connectivity index (χ0n) is 36.3. The van der Waals surface area contributed by atoms with Crippen LogP contribution in [0.25, 0.3) is 0 Å². The van der Waals surface area contributed by atoms with Gasteiger partial charge in [0.1, 0.15) is 0 Å². The van der Waals surface area contributed by atoms with Crippen LogP contribution in [0.1, 0.15) is 182 Å². The van der Waals surface area contributed by atoms with Crippen LogP contribution in [0.3, 0.4) is 0 Å². The Bertz CT molecular complexity index is 971. The van der Waals surface area contributed by atoms with Gasteiger partial charge in [0.2, 0.25) is 0 Å². The average molecular weight is 761 g/mol. The summed E-state index contributed by atoms with van der Waals surface area (Å²) in [6.07, 6.45) is 32.0. The van der Waals surface area contributed by atoms with Crippen molar-refractivity contribution in [1.82, 2.24) is 5.32 Å². The highest BCUT2D eigenvalue weighted by molar-refractivity contribution is 5.15. The lowest BCUT2D eigenvalue weighted by atomic mass is 9.43. The molecule has 0 aromatic rings. The van der Waals surface area contributed by atoms with Gasteiger partial charge in [-0.25, -0.2) is 0 Å². The van der Waals surface area contributed by atoms with E-state index < -0.39 is 0 Å². The molecule has 318 valence electrons. The Morgan fingerprint density at radius 1 is 0.630 bits per heavy atom. The van der Waals surface area contributed by atoms with Gasteiger partial charge in [-0.15, -0.1) is 0 Å². The van der Waals surface area contributed by atoms with Crippen molar-refractivity contribution in [3.63, 3.8) is 0 Å². The number of ether oxygens (including phenoxy) is 3. The molecule has 0 aliphatic heterocycles. The molecule has 4 saturated carbocycles. The van der Waals surface area contributed by atoms with E-state index in [1.807, 2.05) is 0 Å². The summed E-state index contributed by atoms with van der Waals surface area (Å²) in [4.78, 5) is 0. The maximum absolute atomic E-state index is 7.06. The number of unbranched alkanes of at least 4 members (excludes halogenated alkanes) is 11. The topological polar surface area (TPSA) is 118 Å². The molecule has 7 nitrogen and oxygen atoms in total. The monoisotopic (exact) mass is 761 g/mol. The Hall–Kier alpha value is -0.280. The molecule has 4 aliphatic rings. The van der Waals surface area contributed by atoms with Crippen molar-refractivity contribution in [3.05, 3.63) is 0 Å². The molecule has 0 saturated heterocycles. The molecule has 0 spiro atoms. The van der Waals surface area contributed by atoms with Gasteiger partial charge in [-0.1, -0.05) is 98.3 Å². The molecule has 54 heavy (non-hydrogen) atoms. The van der Waals surface area contributed by atoms with Crippen LogP contribution < -0.4 is 22.5 Å². The van der Waals surface area contributed by atoms with E-state index in [0.29, 0.717) is 78.9 Å². The van der Waals surface area contributed by atoms with Gasteiger partial charge in [0.05, 0.1) is 18.3 Å². The van der Waals surface area contributed by atoms with Crippen molar-refractivity contribution in [2.75, 3.05) is 52.5 Å². The Balaban J connectivity index is 1.31. The normalized spacial score (nSPS) is 34.1. The van der Waals surface area contributed by atoms with Gasteiger partial charge < -0.3 is 36.7 Å². The summed E-state index contributed by atoms with van der Waals surface area (Å²) in [5.74, 6) is 3.91. The quantitative estimate of drug-likeness (QED) is 0.0539. The second-order valence-corrected chi connectivity index (χ2v) is 19.2. The first-order chi connectivity index (χ1) is 26.3. The highest BCUT2D eigenvalue weighted by Crippen LogP contribution is 2.69. The third-order valence-electron chi connectivity index (χ3n) is 15.7. The fourth-order valence-corrected chi connectivity index (χ4v) is 12.6. The van der Waals surface area contributed by atoms with Gasteiger partial charge in [0.25, 0.3) is 0 Å². The van der Waals surface area contributed by atoms with Crippen molar-refractivity contribution in [3.8, 4) is 0 Å². The SMILES string of the molecule is CCCCCCCCCCCCCCNCCC[C@@H](C)[C@H]1CC[C@H]2C3[C@H](OCCCN)CC4C[C@H](OCCCN)CC[C@]4(C)[C@H]3C[C@H](OCCCN)C12C. The standard InChI is InChI=1S/C47H92N4O3/c1-5-6-7-8-9-10-11-12-13-14-15-16-29-51-30-17-21-37(2)40-22-23-41-45-42(36-44(47(40,41)4)54-33-20-28-50)46(3)25-24-39(52-31-18-26-48)34-38(46)35-43(45)53-32-19-27-49/h37-45,51H,5-36,48-50H2,1-4H3/t37-,38?,39-,40-,41+,42+,43-,44+,45?,46+,47?/m1/s1. The summed E-state index contributed by atoms with van der Waals surface area (Å²) in [6, 6.07) is 0. The fraction of sp³-hybridized carbons (Fsp3) is 1.00. The summed E-state index contributed by atoms with van der Waals surface area (Å²) in [6.45, 7) is 17.0. The molecule has 0 radical (unpaired) electrons. The Kier molecular flexibility index (Phi) is 21.7. The van der Waals surface area contributed by atoms with E-state index in [-0.39, 0.29) is 5.41 Å². The molecule has 0 aromatic heterocycles. The molecule has 3 unspecified atom stereocenters. The smallest absolute Gasteiger partial charge is 0.0637 e. The first kappa shape index (κ1) is 46.4. The first-order valence-electron chi connectivity index (χ1n) is 24.0. The van der Waals surface area contributed by atoms with E-state index >= 15 is 0 Å². The lowest BCUT2D eigenvalue weighted by Gasteiger charge is -2.65. The molecule has 0 amide bonds. The zero-order valence-corrected chi connectivity index (χ0v) is 36.3. The maximum atomic E-state index is 7.06. The number of hydrogen-bond donors (Lipinski definition) is 4. The summed E-state index contributed by atoms with van der Waals surface area (Å²) in [5.41, 5.74) is 18.3. The Morgan fingerprint density at radius 3 is 1.87 bits per heavy atom. The van der Waals surface area contributed by atoms with E-state index in [2.05, 4.69) is 33.0 Å². The largest absolute Gasteiger partial charge is 0.378 e. The highest BCUT2D eigenvalue weighted by atomic mass is 16.5. The van der Waals surface area contributed by atoms with Crippen LogP contribution in [0.4, 0.5) is 0 Å². The van der Waals surface area contributed by atoms with Crippen LogP contribution in [0.2, 0.25) is 0 Å². The van der Waals surface area contributed by atoms with Gasteiger partial charge in [-0.2, -0.15) is 0 Å². The predicted octanol–water partition coefficient (Wildman–Crippen LogP) is 9.77. The molecule has 0 aromatic carbocycles. The molecule has 4 aliphatic carbocycles. The minimum atomic E-state index is 0.179. The minimum absolute atomic E-state index is 0.179. The average Bonchev–Trinajstić information content (AvgIpc) is 3.53. The third kappa shape index (κ3) is 12.9. The van der Waals surface area contributed by atoms with Gasteiger partial charge >= 0.3 is 0 Å². The van der Waals surface area contributed by atoms with Crippen molar-refractivity contribution in [1.29, 1.82) is 0 Å². The van der Waals surface area contributed by atoms with Crippen molar-refractivity contribution in [2.45, 2.75) is 200 Å². The molecule has 7 heteroatoms. The number of nitrogens with two attached hydrogens (primary N) is 3. The van der Waals surface area contributed by atoms with Crippen LogP contribution in [-0.4, -0.2) is 70.9 Å². The molecule has 11 atom stereocenters. The highest BCUT2D eigenvalue weighted by Gasteiger charge is 2.66. The predicted molar refractivity (Wildman–Crippen MR) is 229 cm³/mol. The van der Waals surface area contributed by atoms with Crippen molar-refractivity contribution in [2.24, 2.45) is 63.5 Å². The summed E-state index contributed by atoms with van der Waals surface area (Å²) in [7, 11) is 0. The van der Waals surface area contributed by atoms with Gasteiger partial charge in [-0.05, 0) is 157 Å². The molecule has 0 bridgehead atoms. The van der Waals surface area contributed by atoms with E-state index in [1.54, 1.807) is 0 Å². The first-order valence-corrected chi connectivity index (χ1v) is 24.0. The van der Waals surface area contributed by atoms with E-state index in [4.69, 9.17) is 31.4 Å². The third-order valence-corrected chi connectivity index (χ3v) is 15.7. The van der Waals surface area contributed by atoms with E-state index in [1.165, 1.54) is 135 Å². The molecule has 4 rings (SSSR count). The summed E-state index contributed by atoms with van der Waals surface area (Å²) < 4.78 is 20.4. The number of nitrogens with one attached hydrogen (secondary N) is 1. The van der Waals surface area contributed by atoms with Crippen LogP contribution in [0.5, 0.6) is 0 Å². The van der Waals surface area contributed by atoms with E-state index in [9.17, 15) is 0 Å². The summed E-state index contributed by atoms with van der Waals surface area (Å²) in [5, 5.41) is 3.81. The second-order valence-electron chi connectivity index (χ2n) is 19.2. The second kappa shape index (κ2) is 25.3. The Labute approximate surface area is 334 Å². The van der Waals surface area contributed by atoms with E-state index in [0.717, 1.165) is 52.0 Å². The van der Waals surface area contributed by atoms with Crippen LogP contribution in [0.15, 0.2) is 0 Å². The van der Waals surface area contributed by atoms with Crippen LogP contribution in [-0.2, 0) is 14.2 Å². The van der Waals surface area contributed by atoms with Gasteiger partial charge in [0.15, 0.2) is 0 Å². The number of rotatable bonds is 30. The molecule has 0 heterocycles. The van der Waals surface area contributed by atoms with Crippen LogP contribution >= 0.6 is 0 Å². The lowest BCUT2D eigenvalue weighted by molar-refractivity contribution is -0.227.